The Bertz CT molecular complexity index is 573. The van der Waals surface area contributed by atoms with Crippen LogP contribution >= 0.6 is 12.2 Å². The molecular formula is C16H23N3O3S. The normalized spacial score (nSPS) is 10.3. The van der Waals surface area contributed by atoms with E-state index in [0.717, 1.165) is 5.56 Å². The molecule has 2 amide bonds. The predicted octanol–water partition coefficient (Wildman–Crippen LogP) is 1.87. The van der Waals surface area contributed by atoms with Gasteiger partial charge < -0.3 is 10.1 Å². The first-order chi connectivity index (χ1) is 10.8. The quantitative estimate of drug-likeness (QED) is 0.565. The Kier molecular flexibility index (Phi) is 7.47. The van der Waals surface area contributed by atoms with Gasteiger partial charge in [0.1, 0.15) is 5.75 Å². The van der Waals surface area contributed by atoms with Gasteiger partial charge in [0.05, 0.1) is 0 Å². The summed E-state index contributed by atoms with van der Waals surface area (Å²) in [6.45, 7) is 7.45. The molecule has 0 aromatic heterocycles. The van der Waals surface area contributed by atoms with E-state index < -0.39 is 5.91 Å². The van der Waals surface area contributed by atoms with Crippen molar-refractivity contribution < 1.29 is 14.3 Å². The molecular weight excluding hydrogens is 314 g/mol. The lowest BCUT2D eigenvalue weighted by Gasteiger charge is -2.15. The van der Waals surface area contributed by atoms with Gasteiger partial charge in [0.15, 0.2) is 11.7 Å². The fraction of sp³-hybridized carbons (Fsp3) is 0.438. The number of benzene rings is 1. The second-order valence-electron chi connectivity index (χ2n) is 5.63. The maximum Gasteiger partial charge on any atom is 0.276 e. The van der Waals surface area contributed by atoms with Gasteiger partial charge in [0, 0.05) is 5.92 Å². The average molecular weight is 337 g/mol. The van der Waals surface area contributed by atoms with Gasteiger partial charge in [0.2, 0.25) is 5.91 Å². The first-order valence-electron chi connectivity index (χ1n) is 7.42. The third-order valence-electron chi connectivity index (χ3n) is 2.98. The number of amides is 2. The zero-order valence-corrected chi connectivity index (χ0v) is 14.6. The summed E-state index contributed by atoms with van der Waals surface area (Å²) in [6, 6.07) is 7.57. The summed E-state index contributed by atoms with van der Waals surface area (Å²) in [4.78, 5) is 23.2. The predicted molar refractivity (Wildman–Crippen MR) is 92.9 cm³/mol. The van der Waals surface area contributed by atoms with Crippen molar-refractivity contribution >= 4 is 29.1 Å². The van der Waals surface area contributed by atoms with Gasteiger partial charge in [0.25, 0.3) is 5.91 Å². The molecule has 6 nitrogen and oxygen atoms in total. The molecule has 0 unspecified atom stereocenters. The Morgan fingerprint density at radius 3 is 2.39 bits per heavy atom. The third-order valence-corrected chi connectivity index (χ3v) is 3.18. The van der Waals surface area contributed by atoms with Crippen molar-refractivity contribution in [3.63, 3.8) is 0 Å². The highest BCUT2D eigenvalue weighted by atomic mass is 32.1. The van der Waals surface area contributed by atoms with Crippen LogP contribution in [0.3, 0.4) is 0 Å². The first kappa shape index (κ1) is 18.9. The summed E-state index contributed by atoms with van der Waals surface area (Å²) in [5.41, 5.74) is 5.87. The SMILES string of the molecule is CC(C)C(=O)NC(=S)NNC(=O)COc1ccccc1C(C)C. The molecule has 1 rings (SSSR count). The molecule has 0 radical (unpaired) electrons. The summed E-state index contributed by atoms with van der Waals surface area (Å²) in [7, 11) is 0. The minimum atomic E-state index is -0.398. The van der Waals surface area contributed by atoms with Crippen LogP contribution in [0, 0.1) is 5.92 Å². The molecule has 1 aromatic rings. The fourth-order valence-corrected chi connectivity index (χ4v) is 1.83. The number of para-hydroxylation sites is 1. The van der Waals surface area contributed by atoms with Crippen LogP contribution in [-0.2, 0) is 9.59 Å². The van der Waals surface area contributed by atoms with E-state index in [2.05, 4.69) is 30.0 Å². The molecule has 0 aliphatic carbocycles. The third kappa shape index (κ3) is 6.65. The zero-order chi connectivity index (χ0) is 17.4. The standard InChI is InChI=1S/C16H23N3O3S/c1-10(2)12-7-5-6-8-13(12)22-9-14(20)18-19-16(23)17-15(21)11(3)4/h5-8,10-11H,9H2,1-4H3,(H,18,20)(H2,17,19,21,23). The highest BCUT2D eigenvalue weighted by molar-refractivity contribution is 7.80. The lowest BCUT2D eigenvalue weighted by atomic mass is 10.0. The molecule has 0 atom stereocenters. The number of hydrazine groups is 1. The van der Waals surface area contributed by atoms with Gasteiger partial charge in [-0.1, -0.05) is 45.9 Å². The molecule has 0 saturated carbocycles. The Morgan fingerprint density at radius 1 is 1.13 bits per heavy atom. The van der Waals surface area contributed by atoms with Crippen molar-refractivity contribution in [3.8, 4) is 5.75 Å². The Labute approximate surface area is 141 Å². The largest absolute Gasteiger partial charge is 0.483 e. The van der Waals surface area contributed by atoms with Crippen LogP contribution < -0.4 is 20.9 Å². The molecule has 23 heavy (non-hydrogen) atoms. The van der Waals surface area contributed by atoms with Crippen LogP contribution in [0.2, 0.25) is 0 Å². The molecule has 0 bridgehead atoms. The average Bonchev–Trinajstić information content (AvgIpc) is 2.50. The summed E-state index contributed by atoms with van der Waals surface area (Å²) in [6.07, 6.45) is 0. The first-order valence-corrected chi connectivity index (χ1v) is 7.83. The topological polar surface area (TPSA) is 79.5 Å². The van der Waals surface area contributed by atoms with E-state index in [-0.39, 0.29) is 23.5 Å². The van der Waals surface area contributed by atoms with E-state index >= 15 is 0 Å². The van der Waals surface area contributed by atoms with Crippen LogP contribution in [0.4, 0.5) is 0 Å². The molecule has 0 saturated heterocycles. The molecule has 0 aliphatic rings. The van der Waals surface area contributed by atoms with Gasteiger partial charge in [-0.15, -0.1) is 0 Å². The van der Waals surface area contributed by atoms with Crippen molar-refractivity contribution in [2.45, 2.75) is 33.6 Å². The molecule has 0 aliphatic heterocycles. The van der Waals surface area contributed by atoms with Crippen molar-refractivity contribution in [2.24, 2.45) is 5.92 Å². The van der Waals surface area contributed by atoms with Crippen molar-refractivity contribution in [3.05, 3.63) is 29.8 Å². The summed E-state index contributed by atoms with van der Waals surface area (Å²) < 4.78 is 5.53. The van der Waals surface area contributed by atoms with Crippen molar-refractivity contribution in [1.29, 1.82) is 0 Å². The number of ether oxygens (including phenoxy) is 1. The van der Waals surface area contributed by atoms with Crippen LogP contribution in [0.1, 0.15) is 39.2 Å². The highest BCUT2D eigenvalue weighted by Crippen LogP contribution is 2.25. The van der Waals surface area contributed by atoms with Gasteiger partial charge in [-0.3, -0.25) is 20.4 Å². The number of hydrogen-bond donors (Lipinski definition) is 3. The molecule has 126 valence electrons. The van der Waals surface area contributed by atoms with E-state index in [9.17, 15) is 9.59 Å². The Hall–Kier alpha value is -2.15. The van der Waals surface area contributed by atoms with Gasteiger partial charge in [-0.25, -0.2) is 0 Å². The summed E-state index contributed by atoms with van der Waals surface area (Å²) in [5, 5.41) is 2.50. The van der Waals surface area contributed by atoms with E-state index in [1.807, 2.05) is 24.3 Å². The smallest absolute Gasteiger partial charge is 0.276 e. The second kappa shape index (κ2) is 9.09. The fourth-order valence-electron chi connectivity index (χ4n) is 1.68. The molecule has 7 heteroatoms. The lowest BCUT2D eigenvalue weighted by Crippen LogP contribution is -2.50. The van der Waals surface area contributed by atoms with Gasteiger partial charge in [-0.05, 0) is 29.8 Å². The lowest BCUT2D eigenvalue weighted by molar-refractivity contribution is -0.124. The maximum absolute atomic E-state index is 11.8. The number of carbonyl (C=O) groups is 2. The Morgan fingerprint density at radius 2 is 1.78 bits per heavy atom. The second-order valence-corrected chi connectivity index (χ2v) is 6.04. The number of carbonyl (C=O) groups excluding carboxylic acids is 2. The van der Waals surface area contributed by atoms with Crippen LogP contribution in [0.15, 0.2) is 24.3 Å². The van der Waals surface area contributed by atoms with Crippen LogP contribution in [-0.4, -0.2) is 23.5 Å². The van der Waals surface area contributed by atoms with Gasteiger partial charge in [-0.2, -0.15) is 0 Å². The Balaban J connectivity index is 2.41. The number of nitrogens with one attached hydrogen (secondary N) is 3. The molecule has 0 heterocycles. The van der Waals surface area contributed by atoms with Crippen molar-refractivity contribution in [2.75, 3.05) is 6.61 Å². The molecule has 1 aromatic carbocycles. The monoisotopic (exact) mass is 337 g/mol. The molecule has 0 spiro atoms. The van der Waals surface area contributed by atoms with E-state index in [1.165, 1.54) is 0 Å². The minimum Gasteiger partial charge on any atom is -0.483 e. The van der Waals surface area contributed by atoms with Crippen LogP contribution in [0.25, 0.3) is 0 Å². The number of hydrogen-bond acceptors (Lipinski definition) is 4. The molecule has 0 fully saturated rings. The number of thiocarbonyl (C=S) groups is 1. The maximum atomic E-state index is 11.8. The highest BCUT2D eigenvalue weighted by Gasteiger charge is 2.11. The van der Waals surface area contributed by atoms with Crippen molar-refractivity contribution in [1.82, 2.24) is 16.2 Å². The van der Waals surface area contributed by atoms with Crippen LogP contribution in [0.5, 0.6) is 5.75 Å². The van der Waals surface area contributed by atoms with E-state index in [0.29, 0.717) is 11.7 Å². The number of rotatable bonds is 5. The van der Waals surface area contributed by atoms with E-state index in [1.54, 1.807) is 13.8 Å². The summed E-state index contributed by atoms with van der Waals surface area (Å²) in [5.74, 6) is 0.157. The van der Waals surface area contributed by atoms with E-state index in [4.69, 9.17) is 17.0 Å². The minimum absolute atomic E-state index is 0.0413. The molecule has 3 N–H and O–H groups in total. The summed E-state index contributed by atoms with van der Waals surface area (Å²) >= 11 is 4.90. The van der Waals surface area contributed by atoms with Gasteiger partial charge >= 0.3 is 0 Å². The zero-order valence-electron chi connectivity index (χ0n) is 13.8.